The molecule has 1 aromatic heterocycles. The van der Waals surface area contributed by atoms with Crippen LogP contribution in [0.15, 0.2) is 72.9 Å². The molecule has 0 saturated heterocycles. The number of amides is 1. The molecule has 1 aliphatic rings. The van der Waals surface area contributed by atoms with Crippen molar-refractivity contribution in [1.29, 1.82) is 0 Å². The van der Waals surface area contributed by atoms with E-state index in [4.69, 9.17) is 18.9 Å². The number of hydrogen-bond donors (Lipinski definition) is 1. The first-order valence-electron chi connectivity index (χ1n) is 12.2. The Balaban J connectivity index is 1.54. The minimum atomic E-state index is -0.358. The molecule has 1 amide bonds. The van der Waals surface area contributed by atoms with Gasteiger partial charge in [-0.3, -0.25) is 9.78 Å². The molecule has 1 saturated carbocycles. The minimum Gasteiger partial charge on any atom is -0.497 e. The third-order valence-corrected chi connectivity index (χ3v) is 7.25. The second-order valence-corrected chi connectivity index (χ2v) is 9.06. The maximum atomic E-state index is 14.0. The van der Waals surface area contributed by atoms with Crippen LogP contribution in [0.1, 0.15) is 29.4 Å². The molecule has 1 aliphatic carbocycles. The van der Waals surface area contributed by atoms with Crippen molar-refractivity contribution in [2.75, 3.05) is 33.8 Å². The third-order valence-electron chi connectivity index (χ3n) is 7.25. The highest BCUT2D eigenvalue weighted by molar-refractivity contribution is 6.02. The zero-order valence-corrected chi connectivity index (χ0v) is 21.4. The van der Waals surface area contributed by atoms with Gasteiger partial charge < -0.3 is 24.3 Å². The van der Waals surface area contributed by atoms with E-state index in [0.29, 0.717) is 28.7 Å². The Morgan fingerprint density at radius 2 is 1.38 bits per heavy atom. The van der Waals surface area contributed by atoms with Gasteiger partial charge in [0, 0.05) is 35.6 Å². The molecule has 5 rings (SSSR count). The number of nitrogens with one attached hydrogen (secondary N) is 1. The van der Waals surface area contributed by atoms with Crippen LogP contribution in [-0.2, 0) is 4.79 Å². The molecule has 0 radical (unpaired) electrons. The fraction of sp³-hybridized carbons (Fsp3) is 0.267. The molecule has 37 heavy (non-hydrogen) atoms. The van der Waals surface area contributed by atoms with E-state index in [0.717, 1.165) is 28.5 Å². The number of pyridine rings is 1. The Morgan fingerprint density at radius 3 is 1.95 bits per heavy atom. The highest BCUT2D eigenvalue weighted by Gasteiger charge is 2.49. The molecule has 1 heterocycles. The largest absolute Gasteiger partial charge is 0.497 e. The summed E-state index contributed by atoms with van der Waals surface area (Å²) < 4.78 is 22.2. The molecule has 3 aromatic carbocycles. The van der Waals surface area contributed by atoms with E-state index in [9.17, 15) is 4.79 Å². The van der Waals surface area contributed by atoms with Crippen molar-refractivity contribution in [2.45, 2.75) is 18.3 Å². The van der Waals surface area contributed by atoms with Gasteiger partial charge in [0.05, 0.1) is 45.6 Å². The van der Waals surface area contributed by atoms with Crippen LogP contribution in [-0.4, -0.2) is 39.3 Å². The van der Waals surface area contributed by atoms with E-state index < -0.39 is 0 Å². The Morgan fingerprint density at radius 1 is 0.784 bits per heavy atom. The number of methoxy groups -OCH3 is 4. The lowest BCUT2D eigenvalue weighted by molar-refractivity contribution is -0.124. The summed E-state index contributed by atoms with van der Waals surface area (Å²) in [6.07, 6.45) is 2.49. The van der Waals surface area contributed by atoms with Crippen molar-refractivity contribution in [3.63, 3.8) is 0 Å². The van der Waals surface area contributed by atoms with E-state index in [-0.39, 0.29) is 23.7 Å². The average Bonchev–Trinajstić information content (AvgIpc) is 2.92. The first kappa shape index (κ1) is 24.4. The first-order valence-corrected chi connectivity index (χ1v) is 12.2. The van der Waals surface area contributed by atoms with Crippen molar-refractivity contribution in [2.24, 2.45) is 5.92 Å². The van der Waals surface area contributed by atoms with Crippen molar-refractivity contribution < 1.29 is 23.7 Å². The zero-order chi connectivity index (χ0) is 25.9. The van der Waals surface area contributed by atoms with Crippen LogP contribution in [0, 0.1) is 5.92 Å². The molecule has 190 valence electrons. The molecule has 7 nitrogen and oxygen atoms in total. The fourth-order valence-corrected chi connectivity index (χ4v) is 5.33. The van der Waals surface area contributed by atoms with Gasteiger partial charge in [0.2, 0.25) is 5.91 Å². The number of hydrogen-bond acceptors (Lipinski definition) is 6. The number of para-hydroxylation sites is 1. The number of ether oxygens (including phenoxy) is 4. The number of anilines is 1. The monoisotopic (exact) mass is 498 g/mol. The first-order chi connectivity index (χ1) is 18.1. The lowest BCUT2D eigenvalue weighted by atomic mass is 9.59. The van der Waals surface area contributed by atoms with Gasteiger partial charge in [0.25, 0.3) is 0 Å². The summed E-state index contributed by atoms with van der Waals surface area (Å²) in [6.45, 7) is 0. The van der Waals surface area contributed by atoms with Gasteiger partial charge in [-0.1, -0.05) is 30.3 Å². The lowest BCUT2D eigenvalue weighted by Gasteiger charge is -2.45. The number of aromatic nitrogens is 1. The third kappa shape index (κ3) is 4.53. The van der Waals surface area contributed by atoms with Gasteiger partial charge in [0.15, 0.2) is 0 Å². The Labute approximate surface area is 216 Å². The van der Waals surface area contributed by atoms with Crippen molar-refractivity contribution >= 4 is 22.5 Å². The predicted octanol–water partition coefficient (Wildman–Crippen LogP) is 5.80. The van der Waals surface area contributed by atoms with Gasteiger partial charge in [-0.2, -0.15) is 0 Å². The molecule has 1 N–H and O–H groups in total. The smallest absolute Gasteiger partial charge is 0.228 e. The normalized spacial score (nSPS) is 18.5. The number of benzene rings is 3. The Bertz CT molecular complexity index is 1370. The Hall–Kier alpha value is -4.26. The van der Waals surface area contributed by atoms with Crippen LogP contribution in [0.25, 0.3) is 10.9 Å². The quantitative estimate of drug-likeness (QED) is 0.331. The van der Waals surface area contributed by atoms with E-state index in [1.807, 2.05) is 66.7 Å². The SMILES string of the molecule is COc1ccc([C@H]2C[C@@H](c3ccc(OC)cc3OC)C2C(=O)Nc2cccc3cccnc23)c(OC)c1. The molecule has 3 atom stereocenters. The van der Waals surface area contributed by atoms with Gasteiger partial charge >= 0.3 is 0 Å². The van der Waals surface area contributed by atoms with Crippen LogP contribution in [0.2, 0.25) is 0 Å². The number of rotatable bonds is 8. The van der Waals surface area contributed by atoms with Crippen molar-refractivity contribution in [3.05, 3.63) is 84.1 Å². The van der Waals surface area contributed by atoms with Crippen molar-refractivity contribution in [1.82, 2.24) is 4.98 Å². The van der Waals surface area contributed by atoms with Gasteiger partial charge in [-0.25, -0.2) is 0 Å². The maximum absolute atomic E-state index is 14.0. The van der Waals surface area contributed by atoms with Crippen LogP contribution in [0.4, 0.5) is 5.69 Å². The highest BCUT2D eigenvalue weighted by atomic mass is 16.5. The molecule has 0 bridgehead atoms. The standard InChI is InChI=1S/C30H30N2O5/c1-34-19-10-12-21(26(15-19)36-3)23-17-24(22-13-11-20(35-2)16-27(22)37-4)28(23)30(33)32-25-9-5-7-18-8-6-14-31-29(18)25/h5-16,23-24,28H,17H2,1-4H3,(H,32,33)/t23-,24+,28?. The second-order valence-electron chi connectivity index (χ2n) is 9.06. The van der Waals surface area contributed by atoms with Gasteiger partial charge in [-0.05, 0) is 41.8 Å². The van der Waals surface area contributed by atoms with Gasteiger partial charge in [-0.15, -0.1) is 0 Å². The second kappa shape index (κ2) is 10.4. The Kier molecular flexibility index (Phi) is 6.86. The molecule has 1 unspecified atom stereocenters. The predicted molar refractivity (Wildman–Crippen MR) is 143 cm³/mol. The summed E-state index contributed by atoms with van der Waals surface area (Å²) in [4.78, 5) is 18.5. The molecular weight excluding hydrogens is 468 g/mol. The number of carbonyl (C=O) groups excluding carboxylic acids is 1. The lowest BCUT2D eigenvalue weighted by Crippen LogP contribution is -2.42. The van der Waals surface area contributed by atoms with E-state index in [1.165, 1.54) is 0 Å². The summed E-state index contributed by atoms with van der Waals surface area (Å²) in [7, 11) is 6.52. The minimum absolute atomic E-state index is 0.0550. The molecule has 4 aromatic rings. The topological polar surface area (TPSA) is 78.9 Å². The van der Waals surface area contributed by atoms with Crippen molar-refractivity contribution in [3.8, 4) is 23.0 Å². The van der Waals surface area contributed by atoms with E-state index in [2.05, 4.69) is 10.3 Å². The number of carbonyl (C=O) groups is 1. The summed E-state index contributed by atoms with van der Waals surface area (Å²) in [5.74, 6) is 2.27. The van der Waals surface area contributed by atoms with Crippen LogP contribution >= 0.6 is 0 Å². The summed E-state index contributed by atoms with van der Waals surface area (Å²) in [5, 5.41) is 4.14. The summed E-state index contributed by atoms with van der Waals surface area (Å²) in [5.41, 5.74) is 3.40. The number of fused-ring (bicyclic) bond motifs is 1. The van der Waals surface area contributed by atoms with Crippen LogP contribution < -0.4 is 24.3 Å². The molecule has 0 aliphatic heterocycles. The fourth-order valence-electron chi connectivity index (χ4n) is 5.33. The number of nitrogens with zero attached hydrogens (tertiary/aromatic N) is 1. The highest BCUT2D eigenvalue weighted by Crippen LogP contribution is 2.57. The molecule has 0 spiro atoms. The van der Waals surface area contributed by atoms with Crippen LogP contribution in [0.5, 0.6) is 23.0 Å². The zero-order valence-electron chi connectivity index (χ0n) is 21.4. The molecule has 7 heteroatoms. The molecule has 1 fully saturated rings. The summed E-state index contributed by atoms with van der Waals surface area (Å²) in [6, 6.07) is 21.2. The maximum Gasteiger partial charge on any atom is 0.228 e. The van der Waals surface area contributed by atoms with E-state index in [1.54, 1.807) is 34.6 Å². The molecular formula is C30H30N2O5. The summed E-state index contributed by atoms with van der Waals surface area (Å²) >= 11 is 0. The van der Waals surface area contributed by atoms with E-state index >= 15 is 0 Å². The average molecular weight is 499 g/mol. The van der Waals surface area contributed by atoms with Crippen LogP contribution in [0.3, 0.4) is 0 Å². The van der Waals surface area contributed by atoms with Gasteiger partial charge in [0.1, 0.15) is 23.0 Å².